The summed E-state index contributed by atoms with van der Waals surface area (Å²) in [6.07, 6.45) is 5.93. The Labute approximate surface area is 178 Å². The van der Waals surface area contributed by atoms with Gasteiger partial charge in [0.1, 0.15) is 5.54 Å². The molecule has 0 radical (unpaired) electrons. The minimum atomic E-state index is -0.536. The molecule has 8 nitrogen and oxygen atoms in total. The number of benzene rings is 1. The van der Waals surface area contributed by atoms with Gasteiger partial charge < -0.3 is 14.7 Å². The van der Waals surface area contributed by atoms with Crippen molar-refractivity contribution in [2.45, 2.75) is 44.7 Å². The lowest BCUT2D eigenvalue weighted by Crippen LogP contribution is -2.70. The Morgan fingerprint density at radius 3 is 2.83 bits per heavy atom. The molecule has 1 N–H and O–H groups in total. The van der Waals surface area contributed by atoms with E-state index in [1.54, 1.807) is 43.6 Å². The minimum absolute atomic E-state index is 0.158. The molecule has 1 saturated carbocycles. The highest BCUT2D eigenvalue weighted by Crippen LogP contribution is 2.55. The lowest BCUT2D eigenvalue weighted by Gasteiger charge is -2.61. The fourth-order valence-electron chi connectivity index (χ4n) is 4.83. The molecule has 154 valence electrons. The average molecular weight is 425 g/mol. The Bertz CT molecular complexity index is 1100. The van der Waals surface area contributed by atoms with Crippen LogP contribution in [0.5, 0.6) is 0 Å². The van der Waals surface area contributed by atoms with Gasteiger partial charge in [0.05, 0.1) is 5.02 Å². The maximum Gasteiger partial charge on any atom is 0.323 e. The van der Waals surface area contributed by atoms with Gasteiger partial charge in [-0.3, -0.25) is 0 Å². The zero-order valence-electron chi connectivity index (χ0n) is 16.7. The third-order valence-corrected chi connectivity index (χ3v) is 6.26. The number of fused-ring (bicyclic) bond motifs is 2. The minimum Gasteiger partial charge on any atom is -0.337 e. The van der Waals surface area contributed by atoms with Crippen molar-refractivity contribution < 1.29 is 9.32 Å². The molecule has 1 aliphatic heterocycles. The van der Waals surface area contributed by atoms with E-state index in [-0.39, 0.29) is 12.1 Å². The number of nitrogens with one attached hydrogen (secondary N) is 1. The summed E-state index contributed by atoms with van der Waals surface area (Å²) < 4.78 is 5.50. The second kappa shape index (κ2) is 7.05. The smallest absolute Gasteiger partial charge is 0.323 e. The van der Waals surface area contributed by atoms with Gasteiger partial charge in [-0.1, -0.05) is 23.7 Å². The van der Waals surface area contributed by atoms with E-state index in [0.29, 0.717) is 39.7 Å². The molecule has 30 heavy (non-hydrogen) atoms. The Morgan fingerprint density at radius 2 is 2.10 bits per heavy atom. The SMILES string of the molecule is Cc1noc([C@]23C[C@@H](C)C[C@H](C2)N3C(=O)Nc2ccc(Cl)c(-c3ncccn3)c2)n1. The van der Waals surface area contributed by atoms with E-state index >= 15 is 0 Å². The molecule has 1 aliphatic carbocycles. The molecule has 2 bridgehead atoms. The third kappa shape index (κ3) is 3.02. The highest BCUT2D eigenvalue weighted by atomic mass is 35.5. The molecule has 1 aromatic carbocycles. The Balaban J connectivity index is 1.43. The number of halogens is 1. The number of hydrogen-bond acceptors (Lipinski definition) is 6. The first-order valence-corrected chi connectivity index (χ1v) is 10.3. The molecule has 0 spiro atoms. The number of rotatable bonds is 3. The molecular formula is C21H21ClN6O2. The second-order valence-electron chi connectivity index (χ2n) is 8.15. The van der Waals surface area contributed by atoms with Crippen molar-refractivity contribution in [2.24, 2.45) is 5.92 Å². The Kier molecular flexibility index (Phi) is 4.47. The van der Waals surface area contributed by atoms with Crippen LogP contribution < -0.4 is 5.32 Å². The van der Waals surface area contributed by atoms with Crippen LogP contribution in [0.4, 0.5) is 10.5 Å². The maximum atomic E-state index is 13.3. The summed E-state index contributed by atoms with van der Waals surface area (Å²) in [4.78, 5) is 28.1. The number of amides is 2. The fraction of sp³-hybridized carbons (Fsp3) is 0.381. The van der Waals surface area contributed by atoms with Crippen molar-refractivity contribution in [1.82, 2.24) is 25.0 Å². The molecule has 2 fully saturated rings. The summed E-state index contributed by atoms with van der Waals surface area (Å²) in [6, 6.07) is 7.01. The number of aromatic nitrogens is 4. The highest BCUT2D eigenvalue weighted by Gasteiger charge is 2.62. The van der Waals surface area contributed by atoms with Gasteiger partial charge in [0.15, 0.2) is 11.6 Å². The van der Waals surface area contributed by atoms with Gasteiger partial charge in [0, 0.05) is 36.1 Å². The van der Waals surface area contributed by atoms with Gasteiger partial charge in [-0.05, 0) is 49.9 Å². The van der Waals surface area contributed by atoms with Crippen LogP contribution in [0.25, 0.3) is 11.4 Å². The van der Waals surface area contributed by atoms with Gasteiger partial charge in [-0.25, -0.2) is 14.8 Å². The first-order chi connectivity index (χ1) is 14.5. The molecule has 2 aromatic heterocycles. The van der Waals surface area contributed by atoms with Crippen LogP contribution in [0.2, 0.25) is 5.02 Å². The number of carbonyl (C=O) groups is 1. The number of nitrogens with zero attached hydrogens (tertiary/aromatic N) is 5. The third-order valence-electron chi connectivity index (χ3n) is 5.93. The van der Waals surface area contributed by atoms with E-state index in [1.807, 2.05) is 4.90 Å². The van der Waals surface area contributed by atoms with E-state index in [0.717, 1.165) is 19.3 Å². The maximum absolute atomic E-state index is 13.3. The van der Waals surface area contributed by atoms with Crippen molar-refractivity contribution in [2.75, 3.05) is 5.32 Å². The normalized spacial score (nSPS) is 25.0. The number of aryl methyl sites for hydroxylation is 1. The average Bonchev–Trinajstić information content (AvgIpc) is 3.16. The molecule has 3 atom stereocenters. The second-order valence-corrected chi connectivity index (χ2v) is 8.56. The van der Waals surface area contributed by atoms with Crippen molar-refractivity contribution in [1.29, 1.82) is 0 Å². The molecule has 0 unspecified atom stereocenters. The van der Waals surface area contributed by atoms with Crippen molar-refractivity contribution in [3.05, 3.63) is 53.4 Å². The van der Waals surface area contributed by atoms with E-state index in [9.17, 15) is 4.79 Å². The number of urea groups is 1. The number of carbonyl (C=O) groups excluding carboxylic acids is 1. The molecule has 5 rings (SSSR count). The van der Waals surface area contributed by atoms with Crippen molar-refractivity contribution in [3.63, 3.8) is 0 Å². The monoisotopic (exact) mass is 424 g/mol. The molecule has 3 aromatic rings. The zero-order chi connectivity index (χ0) is 20.9. The first kappa shape index (κ1) is 19.0. The van der Waals surface area contributed by atoms with Gasteiger partial charge >= 0.3 is 6.03 Å². The number of likely N-dealkylation sites (tertiary alicyclic amines) is 1. The van der Waals surface area contributed by atoms with E-state index in [4.69, 9.17) is 16.1 Å². The summed E-state index contributed by atoms with van der Waals surface area (Å²) >= 11 is 6.34. The summed E-state index contributed by atoms with van der Waals surface area (Å²) in [6.45, 7) is 3.99. The predicted molar refractivity (Wildman–Crippen MR) is 111 cm³/mol. The van der Waals surface area contributed by atoms with Crippen LogP contribution in [-0.4, -0.2) is 37.1 Å². The lowest BCUT2D eigenvalue weighted by atomic mass is 9.64. The number of anilines is 1. The lowest BCUT2D eigenvalue weighted by molar-refractivity contribution is -0.111. The summed E-state index contributed by atoms with van der Waals surface area (Å²) in [5, 5.41) is 7.48. The van der Waals surface area contributed by atoms with Gasteiger partial charge in [0.2, 0.25) is 0 Å². The molecule has 3 heterocycles. The number of piperidine rings is 1. The molecule has 1 saturated heterocycles. The molecular weight excluding hydrogens is 404 g/mol. The highest BCUT2D eigenvalue weighted by molar-refractivity contribution is 6.33. The Morgan fingerprint density at radius 1 is 1.30 bits per heavy atom. The van der Waals surface area contributed by atoms with Crippen LogP contribution in [0.1, 0.15) is 37.9 Å². The van der Waals surface area contributed by atoms with Crippen LogP contribution in [0, 0.1) is 12.8 Å². The standard InChI is InChI=1S/C21H21ClN6O2/c1-12-8-15-11-21(10-12,19-25-13(2)27-30-19)28(15)20(29)26-14-4-5-17(22)16(9-14)18-23-6-3-7-24-18/h3-7,9,12,15H,8,10-11H2,1-2H3,(H,26,29)/t12-,15+,21-/m0/s1. The van der Waals surface area contributed by atoms with Crippen LogP contribution in [0.3, 0.4) is 0 Å². The quantitative estimate of drug-likeness (QED) is 0.668. The summed E-state index contributed by atoms with van der Waals surface area (Å²) in [5.74, 6) is 2.09. The van der Waals surface area contributed by atoms with E-state index < -0.39 is 5.54 Å². The Hall–Kier alpha value is -3.00. The molecule has 2 aliphatic rings. The van der Waals surface area contributed by atoms with Crippen molar-refractivity contribution in [3.8, 4) is 11.4 Å². The summed E-state index contributed by atoms with van der Waals surface area (Å²) in [5.41, 5.74) is 0.752. The van der Waals surface area contributed by atoms with Crippen LogP contribution in [-0.2, 0) is 5.54 Å². The fourth-order valence-corrected chi connectivity index (χ4v) is 5.03. The van der Waals surface area contributed by atoms with Gasteiger partial charge in [-0.2, -0.15) is 4.98 Å². The van der Waals surface area contributed by atoms with Crippen LogP contribution >= 0.6 is 11.6 Å². The van der Waals surface area contributed by atoms with E-state index in [1.165, 1.54) is 0 Å². The first-order valence-electron chi connectivity index (χ1n) is 9.94. The molecule has 9 heteroatoms. The van der Waals surface area contributed by atoms with Crippen LogP contribution in [0.15, 0.2) is 41.2 Å². The van der Waals surface area contributed by atoms with Gasteiger partial charge in [-0.15, -0.1) is 0 Å². The number of hydrogen-bond donors (Lipinski definition) is 1. The van der Waals surface area contributed by atoms with Crippen molar-refractivity contribution >= 4 is 23.3 Å². The van der Waals surface area contributed by atoms with Gasteiger partial charge in [0.25, 0.3) is 5.89 Å². The van der Waals surface area contributed by atoms with E-state index in [2.05, 4.69) is 32.3 Å². The topological polar surface area (TPSA) is 97.0 Å². The summed E-state index contributed by atoms with van der Waals surface area (Å²) in [7, 11) is 0. The predicted octanol–water partition coefficient (Wildman–Crippen LogP) is 4.42. The largest absolute Gasteiger partial charge is 0.337 e. The molecule has 2 amide bonds. The zero-order valence-corrected chi connectivity index (χ0v) is 17.4.